The highest BCUT2D eigenvalue weighted by Crippen LogP contribution is 2.52. The summed E-state index contributed by atoms with van der Waals surface area (Å²) in [4.78, 5) is 40.2. The molecule has 0 amide bonds. The molecule has 0 aromatic heterocycles. The summed E-state index contributed by atoms with van der Waals surface area (Å²) in [5.41, 5.74) is 2.69. The van der Waals surface area contributed by atoms with Gasteiger partial charge in [0, 0.05) is 48.4 Å². The van der Waals surface area contributed by atoms with E-state index in [9.17, 15) is 39.9 Å². The number of methoxy groups -OCH3 is 1. The van der Waals surface area contributed by atoms with Gasteiger partial charge in [0.05, 0.1) is 54.3 Å². The predicted molar refractivity (Wildman–Crippen MR) is 160 cm³/mol. The van der Waals surface area contributed by atoms with Crippen LogP contribution in [0.4, 0.5) is 0 Å². The molecule has 2 saturated heterocycles. The van der Waals surface area contributed by atoms with Crippen LogP contribution < -0.4 is 10.5 Å². The number of hydrogen-bond donors (Lipinski definition) is 6. The molecule has 14 heteroatoms. The van der Waals surface area contributed by atoms with E-state index in [1.165, 1.54) is 32.2 Å². The molecule has 7 N–H and O–H groups in total. The fourth-order valence-electron chi connectivity index (χ4n) is 7.14. The van der Waals surface area contributed by atoms with Gasteiger partial charge in [0.2, 0.25) is 5.78 Å². The van der Waals surface area contributed by atoms with E-state index >= 15 is 0 Å². The smallest absolute Gasteiger partial charge is 0.202 e. The number of benzene rings is 2. The molecular weight excluding hydrogens is 618 g/mol. The van der Waals surface area contributed by atoms with E-state index in [2.05, 4.69) is 0 Å². The Hall–Kier alpha value is -3.47. The van der Waals surface area contributed by atoms with Crippen LogP contribution in [0.2, 0.25) is 0 Å². The Balaban J connectivity index is 1.33. The van der Waals surface area contributed by atoms with Crippen LogP contribution in [-0.2, 0) is 30.2 Å². The number of carbonyl (C=O) groups excluding carboxylic acids is 3. The summed E-state index contributed by atoms with van der Waals surface area (Å²) in [5.74, 6) is -3.37. The maximum absolute atomic E-state index is 13.8. The van der Waals surface area contributed by atoms with Crippen molar-refractivity contribution < 1.29 is 63.6 Å². The molecular formula is C33H39NO13. The molecule has 2 aromatic carbocycles. The Bertz CT molecular complexity index is 1600. The number of carbonyl (C=O) groups is 3. The van der Waals surface area contributed by atoms with Gasteiger partial charge in [0.15, 0.2) is 24.1 Å². The Kier molecular flexibility index (Phi) is 8.68. The first kappa shape index (κ1) is 33.4. The first-order valence-electron chi connectivity index (χ1n) is 15.5. The zero-order valence-corrected chi connectivity index (χ0v) is 26.3. The summed E-state index contributed by atoms with van der Waals surface area (Å²) in [5, 5.41) is 55.7. The number of hydrogen-bond acceptors (Lipinski definition) is 14. The SMILES string of the molecule is COc1cccc2c1C(=O)c1c(O)c3c(c(O)c1C2=O)C[C@@](O)(C(C)=O)C[C@@H]3O[C@H]1C[C@H](O)[C@H](O[C@H]2C[C@H](N)[C@H](O)[C@H](C)O2)[C@H](C)O1. The summed E-state index contributed by atoms with van der Waals surface area (Å²) < 4.78 is 29.2. The van der Waals surface area contributed by atoms with Crippen molar-refractivity contribution in [3.05, 3.63) is 51.6 Å². The van der Waals surface area contributed by atoms with Crippen LogP contribution in [0, 0.1) is 0 Å². The summed E-state index contributed by atoms with van der Waals surface area (Å²) >= 11 is 0. The van der Waals surface area contributed by atoms with Crippen molar-refractivity contribution >= 4 is 17.3 Å². The van der Waals surface area contributed by atoms with Crippen molar-refractivity contribution in [3.8, 4) is 17.2 Å². The highest BCUT2D eigenvalue weighted by atomic mass is 16.7. The second-order valence-electron chi connectivity index (χ2n) is 12.8. The first-order valence-corrected chi connectivity index (χ1v) is 15.5. The summed E-state index contributed by atoms with van der Waals surface area (Å²) in [7, 11) is 1.33. The molecule has 4 aliphatic rings. The van der Waals surface area contributed by atoms with Crippen LogP contribution in [0.5, 0.6) is 17.2 Å². The van der Waals surface area contributed by atoms with Gasteiger partial charge in [-0.15, -0.1) is 0 Å². The number of aromatic hydroxyl groups is 2. The van der Waals surface area contributed by atoms with E-state index in [-0.39, 0.29) is 47.3 Å². The van der Waals surface area contributed by atoms with Gasteiger partial charge < -0.3 is 55.0 Å². The Labute approximate surface area is 269 Å². The molecule has 0 bridgehead atoms. The molecule has 2 heterocycles. The lowest BCUT2D eigenvalue weighted by molar-refractivity contribution is -0.311. The lowest BCUT2D eigenvalue weighted by Gasteiger charge is -2.44. The van der Waals surface area contributed by atoms with E-state index in [0.29, 0.717) is 0 Å². The normalized spacial score (nSPS) is 35.1. The zero-order valence-electron chi connectivity index (χ0n) is 26.3. The fraction of sp³-hybridized carbons (Fsp3) is 0.545. The maximum atomic E-state index is 13.8. The van der Waals surface area contributed by atoms with Gasteiger partial charge in [-0.25, -0.2) is 0 Å². The van der Waals surface area contributed by atoms with Crippen molar-refractivity contribution in [2.45, 2.75) is 107 Å². The number of phenolic OH excluding ortho intramolecular Hbond substituents is 2. The van der Waals surface area contributed by atoms with Crippen LogP contribution in [0.15, 0.2) is 18.2 Å². The molecule has 0 spiro atoms. The monoisotopic (exact) mass is 657 g/mol. The van der Waals surface area contributed by atoms with Crippen molar-refractivity contribution in [1.29, 1.82) is 0 Å². The molecule has 10 atom stereocenters. The molecule has 0 saturated carbocycles. The number of phenols is 2. The van der Waals surface area contributed by atoms with E-state index in [0.717, 1.165) is 0 Å². The summed E-state index contributed by atoms with van der Waals surface area (Å²) in [6.45, 7) is 4.47. The second-order valence-corrected chi connectivity index (χ2v) is 12.8. The average Bonchev–Trinajstić information content (AvgIpc) is 3.01. The number of ether oxygens (including phenoxy) is 5. The van der Waals surface area contributed by atoms with Gasteiger partial charge in [0.1, 0.15) is 29.0 Å². The van der Waals surface area contributed by atoms with E-state index in [1.807, 2.05) is 0 Å². The lowest BCUT2D eigenvalue weighted by Crippen LogP contribution is -2.56. The number of aliphatic hydroxyl groups excluding tert-OH is 2. The third-order valence-corrected chi connectivity index (χ3v) is 9.75. The third kappa shape index (κ3) is 5.52. The predicted octanol–water partition coefficient (Wildman–Crippen LogP) is 0.910. The van der Waals surface area contributed by atoms with Gasteiger partial charge >= 0.3 is 0 Å². The molecule has 2 fully saturated rings. The van der Waals surface area contributed by atoms with Gasteiger partial charge in [-0.3, -0.25) is 14.4 Å². The van der Waals surface area contributed by atoms with Crippen LogP contribution in [0.25, 0.3) is 0 Å². The number of aliphatic hydroxyl groups is 3. The van der Waals surface area contributed by atoms with Gasteiger partial charge in [-0.1, -0.05) is 12.1 Å². The molecule has 14 nitrogen and oxygen atoms in total. The molecule has 2 aliphatic heterocycles. The van der Waals surface area contributed by atoms with Crippen LogP contribution in [0.1, 0.15) is 89.1 Å². The molecule has 254 valence electrons. The zero-order chi connectivity index (χ0) is 34.1. The minimum atomic E-state index is -2.07. The number of ketones is 3. The molecule has 6 rings (SSSR count). The molecule has 2 aromatic rings. The van der Waals surface area contributed by atoms with Crippen molar-refractivity contribution in [2.24, 2.45) is 5.73 Å². The summed E-state index contributed by atoms with van der Waals surface area (Å²) in [6.07, 6.45) is -8.33. The van der Waals surface area contributed by atoms with E-state index in [4.69, 9.17) is 29.4 Å². The van der Waals surface area contributed by atoms with Crippen molar-refractivity contribution in [2.75, 3.05) is 7.11 Å². The lowest BCUT2D eigenvalue weighted by atomic mass is 9.72. The molecule has 0 radical (unpaired) electrons. The number of rotatable bonds is 6. The average molecular weight is 658 g/mol. The summed E-state index contributed by atoms with van der Waals surface area (Å²) in [6, 6.07) is 3.82. The molecule has 2 aliphatic carbocycles. The number of nitrogens with two attached hydrogens (primary N) is 1. The first-order chi connectivity index (χ1) is 22.2. The van der Waals surface area contributed by atoms with Crippen LogP contribution in [0.3, 0.4) is 0 Å². The van der Waals surface area contributed by atoms with Gasteiger partial charge in [0.25, 0.3) is 0 Å². The highest BCUT2D eigenvalue weighted by Gasteiger charge is 2.50. The van der Waals surface area contributed by atoms with Gasteiger partial charge in [-0.05, 0) is 26.8 Å². The highest BCUT2D eigenvalue weighted by molar-refractivity contribution is 6.31. The van der Waals surface area contributed by atoms with E-state index in [1.54, 1.807) is 13.8 Å². The minimum absolute atomic E-state index is 0.0384. The van der Waals surface area contributed by atoms with Crippen molar-refractivity contribution in [1.82, 2.24) is 0 Å². The molecule has 47 heavy (non-hydrogen) atoms. The van der Waals surface area contributed by atoms with Gasteiger partial charge in [-0.2, -0.15) is 0 Å². The topological polar surface area (TPSA) is 225 Å². The maximum Gasteiger partial charge on any atom is 0.202 e. The largest absolute Gasteiger partial charge is 0.507 e. The van der Waals surface area contributed by atoms with Crippen LogP contribution in [-0.4, -0.2) is 105 Å². The minimum Gasteiger partial charge on any atom is -0.507 e. The standard InChI is InChI=1S/C33H39NO13/c1-12-27(37)17(34)8-21(44-12)47-32-13(2)45-22(9-18(32)36)46-20-11-33(42,14(3)35)10-16-24(20)31(41)26-25(29(16)39)28(38)15-6-5-7-19(43-4)23(15)30(26)40/h5-7,12-13,17-18,20-22,27,32,36-37,39,41-42H,8-11,34H2,1-4H3/t12-,13-,17-,18-,20-,21-,22-,27+,32+,33-/m0/s1. The molecule has 0 unspecified atom stereocenters. The Morgan fingerprint density at radius 1 is 0.957 bits per heavy atom. The number of Topliss-reactive ketones (excluding diaryl/α,β-unsaturated/α-hetero) is 1. The second kappa shape index (κ2) is 12.2. The quantitative estimate of drug-likeness (QED) is 0.203. The van der Waals surface area contributed by atoms with Crippen molar-refractivity contribution in [3.63, 3.8) is 0 Å². The fourth-order valence-corrected chi connectivity index (χ4v) is 7.14. The third-order valence-electron chi connectivity index (χ3n) is 9.75. The van der Waals surface area contributed by atoms with Crippen LogP contribution >= 0.6 is 0 Å². The Morgan fingerprint density at radius 3 is 2.26 bits per heavy atom. The Morgan fingerprint density at radius 2 is 1.62 bits per heavy atom. The number of fused-ring (bicyclic) bond motifs is 3. The van der Waals surface area contributed by atoms with E-state index < -0.39 is 107 Å².